The standard InChI is InChI=1S/C19H19BrFNO3/c1-2-25-19(24)14(10-13-6-4-3-5-7-13)12-22-18(23)16-9-8-15(21)11-17(16)20/h3-9,11,14H,2,10,12H2,1H3,(H,22,23). The molecule has 6 heteroatoms. The van der Waals surface area contributed by atoms with Crippen molar-refractivity contribution in [2.75, 3.05) is 13.2 Å². The molecular formula is C19H19BrFNO3. The molecule has 4 nitrogen and oxygen atoms in total. The summed E-state index contributed by atoms with van der Waals surface area (Å²) in [4.78, 5) is 24.5. The lowest BCUT2D eigenvalue weighted by Gasteiger charge is -2.17. The first-order valence-electron chi connectivity index (χ1n) is 7.95. The summed E-state index contributed by atoms with van der Waals surface area (Å²) in [6.45, 7) is 2.16. The van der Waals surface area contributed by atoms with Crippen molar-refractivity contribution in [3.8, 4) is 0 Å². The smallest absolute Gasteiger partial charge is 0.311 e. The Bertz CT molecular complexity index is 737. The third-order valence-corrected chi connectivity index (χ3v) is 4.29. The molecule has 1 unspecified atom stereocenters. The molecule has 1 N–H and O–H groups in total. The molecule has 1 atom stereocenters. The highest BCUT2D eigenvalue weighted by Crippen LogP contribution is 2.18. The van der Waals surface area contributed by atoms with Gasteiger partial charge in [-0.1, -0.05) is 30.3 Å². The van der Waals surface area contributed by atoms with Crippen molar-refractivity contribution < 1.29 is 18.7 Å². The SMILES string of the molecule is CCOC(=O)C(CNC(=O)c1ccc(F)cc1Br)Cc1ccccc1. The van der Waals surface area contributed by atoms with Gasteiger partial charge in [-0.15, -0.1) is 0 Å². The lowest BCUT2D eigenvalue weighted by molar-refractivity contribution is -0.147. The number of halogens is 2. The maximum Gasteiger partial charge on any atom is 0.311 e. The lowest BCUT2D eigenvalue weighted by Crippen LogP contribution is -2.35. The largest absolute Gasteiger partial charge is 0.466 e. The first-order chi connectivity index (χ1) is 12.0. The fraction of sp³-hybridized carbons (Fsp3) is 0.263. The van der Waals surface area contributed by atoms with Gasteiger partial charge in [-0.05, 0) is 53.0 Å². The van der Waals surface area contributed by atoms with Crippen LogP contribution in [0.3, 0.4) is 0 Å². The fourth-order valence-corrected chi connectivity index (χ4v) is 2.91. The first kappa shape index (κ1) is 19.1. The van der Waals surface area contributed by atoms with Crippen LogP contribution in [-0.2, 0) is 16.0 Å². The third kappa shape index (κ3) is 5.67. The Morgan fingerprint density at radius 1 is 1.20 bits per heavy atom. The highest BCUT2D eigenvalue weighted by Gasteiger charge is 2.22. The van der Waals surface area contributed by atoms with Crippen LogP contribution in [-0.4, -0.2) is 25.0 Å². The molecule has 2 rings (SSSR count). The number of rotatable bonds is 7. The number of hydrogen-bond acceptors (Lipinski definition) is 3. The van der Waals surface area contributed by atoms with E-state index in [2.05, 4.69) is 21.2 Å². The van der Waals surface area contributed by atoms with Gasteiger partial charge in [0, 0.05) is 11.0 Å². The second-order valence-corrected chi connectivity index (χ2v) is 6.33. The lowest BCUT2D eigenvalue weighted by atomic mass is 9.99. The minimum absolute atomic E-state index is 0.135. The zero-order chi connectivity index (χ0) is 18.2. The summed E-state index contributed by atoms with van der Waals surface area (Å²) < 4.78 is 18.6. The molecule has 0 radical (unpaired) electrons. The van der Waals surface area contributed by atoms with Gasteiger partial charge in [0.1, 0.15) is 5.82 Å². The van der Waals surface area contributed by atoms with E-state index in [1.165, 1.54) is 18.2 Å². The number of carbonyl (C=O) groups is 2. The van der Waals surface area contributed by atoms with Gasteiger partial charge in [0.15, 0.2) is 0 Å². The van der Waals surface area contributed by atoms with Crippen LogP contribution in [0.15, 0.2) is 53.0 Å². The van der Waals surface area contributed by atoms with Crippen molar-refractivity contribution in [1.29, 1.82) is 0 Å². The van der Waals surface area contributed by atoms with E-state index in [0.717, 1.165) is 5.56 Å². The highest BCUT2D eigenvalue weighted by molar-refractivity contribution is 9.10. The number of esters is 1. The van der Waals surface area contributed by atoms with Crippen LogP contribution in [0, 0.1) is 11.7 Å². The van der Waals surface area contributed by atoms with Gasteiger partial charge in [-0.3, -0.25) is 9.59 Å². The fourth-order valence-electron chi connectivity index (χ4n) is 2.38. The Hall–Kier alpha value is -2.21. The molecule has 2 aromatic rings. The predicted molar refractivity (Wildman–Crippen MR) is 96.7 cm³/mol. The predicted octanol–water partition coefficient (Wildman–Crippen LogP) is 3.74. The van der Waals surface area contributed by atoms with Gasteiger partial charge in [0.05, 0.1) is 18.1 Å². The van der Waals surface area contributed by atoms with Gasteiger partial charge in [0.2, 0.25) is 0 Å². The van der Waals surface area contributed by atoms with Crippen molar-refractivity contribution >= 4 is 27.8 Å². The summed E-state index contributed by atoms with van der Waals surface area (Å²) in [5.41, 5.74) is 1.29. The molecule has 0 aliphatic heterocycles. The summed E-state index contributed by atoms with van der Waals surface area (Å²) in [5, 5.41) is 2.73. The molecule has 1 amide bonds. The zero-order valence-corrected chi connectivity index (χ0v) is 15.4. The quantitative estimate of drug-likeness (QED) is 0.711. The molecular weight excluding hydrogens is 389 g/mol. The van der Waals surface area contributed by atoms with Crippen LogP contribution in [0.1, 0.15) is 22.8 Å². The number of nitrogens with one attached hydrogen (secondary N) is 1. The summed E-state index contributed by atoms with van der Waals surface area (Å²) in [7, 11) is 0. The van der Waals surface area contributed by atoms with E-state index in [1.807, 2.05) is 30.3 Å². The molecule has 0 saturated carbocycles. The van der Waals surface area contributed by atoms with E-state index in [0.29, 0.717) is 16.5 Å². The molecule has 0 bridgehead atoms. The Kier molecular flexibility index (Phi) is 7.13. The Morgan fingerprint density at radius 3 is 2.56 bits per heavy atom. The van der Waals surface area contributed by atoms with E-state index in [1.54, 1.807) is 6.92 Å². The first-order valence-corrected chi connectivity index (χ1v) is 8.74. The summed E-state index contributed by atoms with van der Waals surface area (Å²) in [6, 6.07) is 13.4. The highest BCUT2D eigenvalue weighted by atomic mass is 79.9. The van der Waals surface area contributed by atoms with E-state index in [9.17, 15) is 14.0 Å². The Labute approximate surface area is 154 Å². The molecule has 25 heavy (non-hydrogen) atoms. The average molecular weight is 408 g/mol. The zero-order valence-electron chi connectivity index (χ0n) is 13.8. The molecule has 0 fully saturated rings. The van der Waals surface area contributed by atoms with Crippen molar-refractivity contribution in [2.45, 2.75) is 13.3 Å². The second-order valence-electron chi connectivity index (χ2n) is 5.47. The topological polar surface area (TPSA) is 55.4 Å². The maximum absolute atomic E-state index is 13.1. The molecule has 0 spiro atoms. The summed E-state index contributed by atoms with van der Waals surface area (Å²) >= 11 is 3.17. The van der Waals surface area contributed by atoms with E-state index in [-0.39, 0.29) is 25.0 Å². The second kappa shape index (κ2) is 9.32. The number of carbonyl (C=O) groups excluding carboxylic acids is 2. The maximum atomic E-state index is 13.1. The van der Waals surface area contributed by atoms with Gasteiger partial charge in [-0.2, -0.15) is 0 Å². The number of amides is 1. The van der Waals surface area contributed by atoms with Crippen LogP contribution < -0.4 is 5.32 Å². The Balaban J connectivity index is 2.05. The van der Waals surface area contributed by atoms with Crippen LogP contribution in [0.2, 0.25) is 0 Å². The normalized spacial score (nSPS) is 11.6. The van der Waals surface area contributed by atoms with Crippen LogP contribution in [0.25, 0.3) is 0 Å². The van der Waals surface area contributed by atoms with Gasteiger partial charge >= 0.3 is 5.97 Å². The molecule has 0 aromatic heterocycles. The number of hydrogen-bond donors (Lipinski definition) is 1. The van der Waals surface area contributed by atoms with E-state index in [4.69, 9.17) is 4.74 Å². The van der Waals surface area contributed by atoms with E-state index < -0.39 is 11.7 Å². The van der Waals surface area contributed by atoms with Crippen molar-refractivity contribution in [2.24, 2.45) is 5.92 Å². The third-order valence-electron chi connectivity index (χ3n) is 3.63. The monoisotopic (exact) mass is 407 g/mol. The molecule has 0 aliphatic carbocycles. The molecule has 0 aliphatic rings. The van der Waals surface area contributed by atoms with Crippen LogP contribution in [0.5, 0.6) is 0 Å². The summed E-state index contributed by atoms with van der Waals surface area (Å²) in [6.07, 6.45) is 0.463. The minimum atomic E-state index is -0.495. The minimum Gasteiger partial charge on any atom is -0.466 e. The van der Waals surface area contributed by atoms with Gasteiger partial charge < -0.3 is 10.1 Å². The number of ether oxygens (including phenoxy) is 1. The van der Waals surface area contributed by atoms with Gasteiger partial charge in [0.25, 0.3) is 5.91 Å². The average Bonchev–Trinajstić information content (AvgIpc) is 2.59. The van der Waals surface area contributed by atoms with Gasteiger partial charge in [-0.25, -0.2) is 4.39 Å². The molecule has 2 aromatic carbocycles. The van der Waals surface area contributed by atoms with Crippen LogP contribution in [0.4, 0.5) is 4.39 Å². The molecule has 0 heterocycles. The number of benzene rings is 2. The molecule has 0 saturated heterocycles. The Morgan fingerprint density at radius 2 is 1.92 bits per heavy atom. The van der Waals surface area contributed by atoms with E-state index >= 15 is 0 Å². The molecule has 132 valence electrons. The van der Waals surface area contributed by atoms with Crippen molar-refractivity contribution in [1.82, 2.24) is 5.32 Å². The van der Waals surface area contributed by atoms with Crippen molar-refractivity contribution in [3.05, 3.63) is 69.9 Å². The summed E-state index contributed by atoms with van der Waals surface area (Å²) in [5.74, 6) is -1.67. The van der Waals surface area contributed by atoms with Crippen molar-refractivity contribution in [3.63, 3.8) is 0 Å². The van der Waals surface area contributed by atoms with Crippen LogP contribution >= 0.6 is 15.9 Å².